The lowest BCUT2D eigenvalue weighted by atomic mass is 10.3. The summed E-state index contributed by atoms with van der Waals surface area (Å²) in [6.07, 6.45) is 0.874. The van der Waals surface area contributed by atoms with Crippen molar-refractivity contribution in [1.82, 2.24) is 9.55 Å². The minimum absolute atomic E-state index is 0. The normalized spacial score (nSPS) is 13.7. The molecule has 2 aromatic carbocycles. The number of nitrogens with two attached hydrogens (primary N) is 1. The SMILES string of the molecule is Cn1c(CN=C(N)Nc2ccc3c(c2)OCCCO3)nc2ccccc21.I. The highest BCUT2D eigenvalue weighted by Crippen LogP contribution is 2.32. The fourth-order valence-electron chi connectivity index (χ4n) is 2.92. The summed E-state index contributed by atoms with van der Waals surface area (Å²) in [5, 5.41) is 3.09. The van der Waals surface area contributed by atoms with Crippen molar-refractivity contribution in [2.24, 2.45) is 17.8 Å². The average molecular weight is 479 g/mol. The summed E-state index contributed by atoms with van der Waals surface area (Å²) < 4.78 is 13.3. The first-order chi connectivity index (χ1) is 12.7. The number of imidazole rings is 1. The Bertz CT molecular complexity index is 970. The smallest absolute Gasteiger partial charge is 0.193 e. The monoisotopic (exact) mass is 479 g/mol. The number of guanidine groups is 1. The number of fused-ring (bicyclic) bond motifs is 2. The van der Waals surface area contributed by atoms with Crippen LogP contribution in [0.2, 0.25) is 0 Å². The van der Waals surface area contributed by atoms with Gasteiger partial charge in [0.1, 0.15) is 12.4 Å². The number of aliphatic imine (C=N–C) groups is 1. The van der Waals surface area contributed by atoms with E-state index < -0.39 is 0 Å². The Kier molecular flexibility index (Phi) is 6.04. The summed E-state index contributed by atoms with van der Waals surface area (Å²) in [4.78, 5) is 9.00. The molecule has 8 heteroatoms. The number of benzene rings is 2. The van der Waals surface area contributed by atoms with Crippen LogP contribution < -0.4 is 20.5 Å². The molecule has 0 radical (unpaired) electrons. The number of nitrogens with one attached hydrogen (secondary N) is 1. The maximum Gasteiger partial charge on any atom is 0.193 e. The minimum Gasteiger partial charge on any atom is -0.490 e. The number of aromatic nitrogens is 2. The van der Waals surface area contributed by atoms with Crippen LogP contribution in [0.5, 0.6) is 11.5 Å². The lowest BCUT2D eigenvalue weighted by Gasteiger charge is -2.10. The number of hydrogen-bond acceptors (Lipinski definition) is 4. The van der Waals surface area contributed by atoms with Crippen molar-refractivity contribution in [1.29, 1.82) is 0 Å². The Morgan fingerprint density at radius 1 is 1.19 bits per heavy atom. The third-order valence-corrected chi connectivity index (χ3v) is 4.29. The first-order valence-corrected chi connectivity index (χ1v) is 8.57. The summed E-state index contributed by atoms with van der Waals surface area (Å²) >= 11 is 0. The molecule has 0 unspecified atom stereocenters. The maximum absolute atomic E-state index is 6.03. The van der Waals surface area contributed by atoms with Crippen LogP contribution in [-0.2, 0) is 13.6 Å². The first kappa shape index (κ1) is 19.3. The second-order valence-corrected chi connectivity index (χ2v) is 6.11. The topological polar surface area (TPSA) is 86.7 Å². The van der Waals surface area contributed by atoms with Gasteiger partial charge in [0.15, 0.2) is 17.5 Å². The predicted molar refractivity (Wildman–Crippen MR) is 117 cm³/mol. The summed E-state index contributed by atoms with van der Waals surface area (Å²) in [6, 6.07) is 13.6. The van der Waals surface area contributed by atoms with Crippen molar-refractivity contribution in [2.75, 3.05) is 18.5 Å². The second kappa shape index (κ2) is 8.47. The Morgan fingerprint density at radius 3 is 2.78 bits per heavy atom. The largest absolute Gasteiger partial charge is 0.490 e. The molecule has 3 aromatic rings. The van der Waals surface area contributed by atoms with Crippen LogP contribution in [0.15, 0.2) is 47.5 Å². The molecule has 0 bridgehead atoms. The number of para-hydroxylation sites is 2. The Labute approximate surface area is 174 Å². The average Bonchev–Trinajstić information content (AvgIpc) is 2.81. The van der Waals surface area contributed by atoms with Gasteiger partial charge in [-0.15, -0.1) is 24.0 Å². The van der Waals surface area contributed by atoms with E-state index in [4.69, 9.17) is 15.2 Å². The van der Waals surface area contributed by atoms with Gasteiger partial charge in [0.05, 0.1) is 24.2 Å². The zero-order chi connectivity index (χ0) is 17.9. The molecule has 1 aliphatic rings. The molecule has 27 heavy (non-hydrogen) atoms. The fourth-order valence-corrected chi connectivity index (χ4v) is 2.92. The molecule has 142 valence electrons. The van der Waals surface area contributed by atoms with Crippen molar-refractivity contribution in [3.05, 3.63) is 48.3 Å². The summed E-state index contributed by atoms with van der Waals surface area (Å²) in [5.74, 6) is 2.65. The zero-order valence-corrected chi connectivity index (χ0v) is 17.3. The molecule has 0 atom stereocenters. The van der Waals surface area contributed by atoms with Gasteiger partial charge in [-0.2, -0.15) is 0 Å². The first-order valence-electron chi connectivity index (χ1n) is 8.57. The summed E-state index contributed by atoms with van der Waals surface area (Å²) in [7, 11) is 1.98. The number of rotatable bonds is 3. The second-order valence-electron chi connectivity index (χ2n) is 6.11. The van der Waals surface area contributed by atoms with Gasteiger partial charge < -0.3 is 25.1 Å². The number of nitrogens with zero attached hydrogens (tertiary/aromatic N) is 3. The number of halogens is 1. The van der Waals surface area contributed by atoms with Crippen molar-refractivity contribution in [3.8, 4) is 11.5 Å². The van der Waals surface area contributed by atoms with Crippen molar-refractivity contribution in [2.45, 2.75) is 13.0 Å². The molecule has 0 fully saturated rings. The van der Waals surface area contributed by atoms with Crippen LogP contribution in [-0.4, -0.2) is 28.7 Å². The van der Waals surface area contributed by atoms with Crippen LogP contribution in [0.3, 0.4) is 0 Å². The van der Waals surface area contributed by atoms with E-state index >= 15 is 0 Å². The highest BCUT2D eigenvalue weighted by atomic mass is 127. The van der Waals surface area contributed by atoms with E-state index in [1.165, 1.54) is 0 Å². The summed E-state index contributed by atoms with van der Waals surface area (Å²) in [5.41, 5.74) is 8.87. The van der Waals surface area contributed by atoms with E-state index in [9.17, 15) is 0 Å². The number of anilines is 1. The molecular weight excluding hydrogens is 457 g/mol. The predicted octanol–water partition coefficient (Wildman–Crippen LogP) is 3.28. The van der Waals surface area contributed by atoms with Crippen LogP contribution in [0.25, 0.3) is 11.0 Å². The van der Waals surface area contributed by atoms with Crippen LogP contribution in [0.1, 0.15) is 12.2 Å². The molecule has 4 rings (SSSR count). The molecule has 1 aromatic heterocycles. The molecule has 2 heterocycles. The molecule has 1 aliphatic heterocycles. The van der Waals surface area contributed by atoms with Gasteiger partial charge in [0.2, 0.25) is 0 Å². The maximum atomic E-state index is 6.03. The Balaban J connectivity index is 0.00000210. The molecule has 7 nitrogen and oxygen atoms in total. The van der Waals surface area contributed by atoms with E-state index in [1.54, 1.807) is 0 Å². The van der Waals surface area contributed by atoms with Crippen molar-refractivity contribution < 1.29 is 9.47 Å². The fraction of sp³-hybridized carbons (Fsp3) is 0.263. The minimum atomic E-state index is 0. The Hall–Kier alpha value is -2.49. The molecule has 0 spiro atoms. The lowest BCUT2D eigenvalue weighted by Crippen LogP contribution is -2.22. The van der Waals surface area contributed by atoms with E-state index in [1.807, 2.05) is 54.1 Å². The van der Waals surface area contributed by atoms with Crippen molar-refractivity contribution in [3.63, 3.8) is 0 Å². The van der Waals surface area contributed by atoms with Crippen molar-refractivity contribution >= 4 is 46.7 Å². The molecule has 0 aliphatic carbocycles. The van der Waals surface area contributed by atoms with Gasteiger partial charge in [-0.05, 0) is 24.3 Å². The lowest BCUT2D eigenvalue weighted by molar-refractivity contribution is 0.297. The van der Waals surface area contributed by atoms with Gasteiger partial charge in [-0.3, -0.25) is 0 Å². The van der Waals surface area contributed by atoms with Gasteiger partial charge in [-0.25, -0.2) is 9.98 Å². The quantitative estimate of drug-likeness (QED) is 0.342. The molecule has 0 saturated carbocycles. The molecule has 0 saturated heterocycles. The van der Waals surface area contributed by atoms with Gasteiger partial charge in [0, 0.05) is 25.2 Å². The number of hydrogen-bond donors (Lipinski definition) is 2. The highest BCUT2D eigenvalue weighted by molar-refractivity contribution is 14.0. The third-order valence-electron chi connectivity index (χ3n) is 4.29. The molecule has 0 amide bonds. The van der Waals surface area contributed by atoms with Gasteiger partial charge in [-0.1, -0.05) is 12.1 Å². The zero-order valence-electron chi connectivity index (χ0n) is 15.0. The number of aryl methyl sites for hydroxylation is 1. The Morgan fingerprint density at radius 2 is 1.96 bits per heavy atom. The molecule has 3 N–H and O–H groups in total. The van der Waals surface area contributed by atoms with Crippen LogP contribution >= 0.6 is 24.0 Å². The number of ether oxygens (including phenoxy) is 2. The third kappa shape index (κ3) is 4.26. The standard InChI is InChI=1S/C19H21N5O2.HI/c1-24-15-6-3-2-5-14(15)23-18(24)12-21-19(20)22-13-7-8-16-17(11-13)26-10-4-9-25-16;/h2-3,5-8,11H,4,9-10,12H2,1H3,(H3,20,21,22);1H. The van der Waals surface area contributed by atoms with Gasteiger partial charge >= 0.3 is 0 Å². The van der Waals surface area contributed by atoms with E-state index in [0.29, 0.717) is 25.7 Å². The van der Waals surface area contributed by atoms with E-state index in [-0.39, 0.29) is 24.0 Å². The molecular formula is C19H22IN5O2. The van der Waals surface area contributed by atoms with Gasteiger partial charge in [0.25, 0.3) is 0 Å². The highest BCUT2D eigenvalue weighted by Gasteiger charge is 2.11. The van der Waals surface area contributed by atoms with Crippen LogP contribution in [0.4, 0.5) is 5.69 Å². The van der Waals surface area contributed by atoms with Crippen LogP contribution in [0, 0.1) is 0 Å². The van der Waals surface area contributed by atoms with E-state index in [2.05, 4.69) is 15.3 Å². The van der Waals surface area contributed by atoms with E-state index in [0.717, 1.165) is 40.5 Å². The summed E-state index contributed by atoms with van der Waals surface area (Å²) in [6.45, 7) is 1.71.